The van der Waals surface area contributed by atoms with E-state index in [1.54, 1.807) is 43.3 Å². The molecule has 2 unspecified atom stereocenters. The number of hydrogen-bond donors (Lipinski definition) is 0. The maximum absolute atomic E-state index is 14.0. The van der Waals surface area contributed by atoms with Crippen molar-refractivity contribution in [2.24, 2.45) is 5.92 Å². The SMILES string of the molecule is CC1(S(=O)(=O)n2ccc3cccc(C#N)c32)C=CC=CC1C1=CCN(S(C)(=O)=O)CC1. The van der Waals surface area contributed by atoms with E-state index >= 15 is 0 Å². The molecule has 0 fully saturated rings. The largest absolute Gasteiger partial charge is 0.249 e. The molecule has 2 aromatic rings. The van der Waals surface area contributed by atoms with Gasteiger partial charge in [0.1, 0.15) is 10.8 Å². The fourth-order valence-electron chi connectivity index (χ4n) is 4.37. The van der Waals surface area contributed by atoms with Crippen molar-refractivity contribution in [1.29, 1.82) is 5.26 Å². The summed E-state index contributed by atoms with van der Waals surface area (Å²) < 4.78 is 52.9. The van der Waals surface area contributed by atoms with Crippen LogP contribution in [0.2, 0.25) is 0 Å². The van der Waals surface area contributed by atoms with Crippen molar-refractivity contribution >= 4 is 30.9 Å². The molecule has 31 heavy (non-hydrogen) atoms. The molecule has 0 amide bonds. The number of para-hydroxylation sites is 1. The first-order chi connectivity index (χ1) is 14.6. The number of allylic oxidation sites excluding steroid dienone is 3. The Kier molecular flexibility index (Phi) is 5.20. The first-order valence-corrected chi connectivity index (χ1v) is 13.1. The van der Waals surface area contributed by atoms with E-state index in [0.717, 1.165) is 5.57 Å². The van der Waals surface area contributed by atoms with Crippen LogP contribution in [0.25, 0.3) is 10.9 Å². The Morgan fingerprint density at radius 1 is 1.16 bits per heavy atom. The number of hydrogen-bond acceptors (Lipinski definition) is 5. The molecule has 1 aliphatic heterocycles. The molecule has 0 bridgehead atoms. The summed E-state index contributed by atoms with van der Waals surface area (Å²) in [6.07, 6.45) is 12.0. The van der Waals surface area contributed by atoms with E-state index < -0.39 is 30.7 Å². The second-order valence-corrected chi connectivity index (χ2v) is 12.2. The molecule has 162 valence electrons. The van der Waals surface area contributed by atoms with E-state index in [0.29, 0.717) is 29.4 Å². The smallest absolute Gasteiger partial charge is 0.243 e. The maximum atomic E-state index is 14.0. The molecule has 4 rings (SSSR count). The molecular formula is C22H23N3O4S2. The number of nitrogens with zero attached hydrogens (tertiary/aromatic N) is 3. The molecule has 0 N–H and O–H groups in total. The minimum Gasteiger partial charge on any atom is -0.243 e. The van der Waals surface area contributed by atoms with Crippen molar-refractivity contribution in [3.63, 3.8) is 0 Å². The lowest BCUT2D eigenvalue weighted by Crippen LogP contribution is -2.46. The Labute approximate surface area is 182 Å². The van der Waals surface area contributed by atoms with Crippen molar-refractivity contribution in [3.05, 3.63) is 72.0 Å². The summed E-state index contributed by atoms with van der Waals surface area (Å²) in [5.41, 5.74) is 1.56. The van der Waals surface area contributed by atoms with Crippen molar-refractivity contribution in [2.75, 3.05) is 19.3 Å². The Balaban J connectivity index is 1.81. The highest BCUT2D eigenvalue weighted by Gasteiger charge is 2.47. The third kappa shape index (κ3) is 3.45. The minimum absolute atomic E-state index is 0.226. The van der Waals surface area contributed by atoms with Gasteiger partial charge in [-0.3, -0.25) is 0 Å². The van der Waals surface area contributed by atoms with Crippen LogP contribution in [-0.4, -0.2) is 49.2 Å². The van der Waals surface area contributed by atoms with Crippen LogP contribution in [0.3, 0.4) is 0 Å². The van der Waals surface area contributed by atoms with Crippen LogP contribution in [0.5, 0.6) is 0 Å². The molecule has 7 nitrogen and oxygen atoms in total. The fourth-order valence-corrected chi connectivity index (χ4v) is 7.03. The highest BCUT2D eigenvalue weighted by molar-refractivity contribution is 7.91. The molecule has 1 aliphatic carbocycles. The molecule has 0 spiro atoms. The number of rotatable bonds is 4. The van der Waals surface area contributed by atoms with E-state index in [9.17, 15) is 22.1 Å². The monoisotopic (exact) mass is 457 g/mol. The molecule has 2 atom stereocenters. The van der Waals surface area contributed by atoms with Gasteiger partial charge < -0.3 is 0 Å². The van der Waals surface area contributed by atoms with Crippen molar-refractivity contribution in [2.45, 2.75) is 18.1 Å². The van der Waals surface area contributed by atoms with E-state index in [4.69, 9.17) is 0 Å². The number of benzene rings is 1. The first-order valence-electron chi connectivity index (χ1n) is 9.85. The summed E-state index contributed by atoms with van der Waals surface area (Å²) in [5.74, 6) is -0.448. The fraction of sp³-hybridized carbons (Fsp3) is 0.318. The zero-order valence-corrected chi connectivity index (χ0v) is 18.9. The third-order valence-corrected chi connectivity index (χ3v) is 9.74. The van der Waals surface area contributed by atoms with Crippen LogP contribution in [-0.2, 0) is 20.0 Å². The van der Waals surface area contributed by atoms with Crippen LogP contribution in [0.4, 0.5) is 0 Å². The quantitative estimate of drug-likeness (QED) is 0.657. The zero-order chi connectivity index (χ0) is 22.4. The van der Waals surface area contributed by atoms with Gasteiger partial charge in [-0.1, -0.05) is 48.1 Å². The van der Waals surface area contributed by atoms with Crippen molar-refractivity contribution in [1.82, 2.24) is 8.28 Å². The van der Waals surface area contributed by atoms with Gasteiger partial charge in [0.15, 0.2) is 0 Å². The summed E-state index contributed by atoms with van der Waals surface area (Å²) in [6, 6.07) is 8.89. The summed E-state index contributed by atoms with van der Waals surface area (Å²) in [4.78, 5) is 0. The summed E-state index contributed by atoms with van der Waals surface area (Å²) in [7, 11) is -7.26. The van der Waals surface area contributed by atoms with Gasteiger partial charge in [0.25, 0.3) is 0 Å². The highest BCUT2D eigenvalue weighted by Crippen LogP contribution is 2.41. The second kappa shape index (κ2) is 7.48. The average Bonchev–Trinajstić information content (AvgIpc) is 3.18. The lowest BCUT2D eigenvalue weighted by atomic mass is 9.81. The van der Waals surface area contributed by atoms with E-state index in [1.807, 2.05) is 18.2 Å². The molecule has 2 aliphatic rings. The van der Waals surface area contributed by atoms with Gasteiger partial charge in [0.2, 0.25) is 20.0 Å². The highest BCUT2D eigenvalue weighted by atomic mass is 32.2. The summed E-state index contributed by atoms with van der Waals surface area (Å²) in [5, 5.41) is 10.2. The van der Waals surface area contributed by atoms with Gasteiger partial charge in [-0.2, -0.15) is 9.57 Å². The van der Waals surface area contributed by atoms with Crippen molar-refractivity contribution < 1.29 is 16.8 Å². The lowest BCUT2D eigenvalue weighted by Gasteiger charge is -2.38. The maximum Gasteiger partial charge on any atom is 0.249 e. The van der Waals surface area contributed by atoms with Gasteiger partial charge in [0.05, 0.1) is 17.3 Å². The predicted octanol–water partition coefficient (Wildman–Crippen LogP) is 2.78. The number of nitriles is 1. The average molecular weight is 458 g/mol. The number of aromatic nitrogens is 1. The number of fused-ring (bicyclic) bond motifs is 1. The Morgan fingerprint density at radius 3 is 2.58 bits per heavy atom. The molecule has 1 aromatic carbocycles. The minimum atomic E-state index is -3.96. The van der Waals surface area contributed by atoms with E-state index in [2.05, 4.69) is 6.07 Å². The van der Waals surface area contributed by atoms with Crippen LogP contribution < -0.4 is 0 Å². The normalized spacial score (nSPS) is 24.8. The standard InChI is InChI=1S/C22H23N3O4S2/c1-22(31(28,29)25-15-11-18-6-5-7-19(16-23)21(18)25)12-4-3-8-20(22)17-9-13-24(14-10-17)30(2,26)27/h3-9,11-12,15,20H,10,13-14H2,1-2H3. The Hall–Kier alpha value is -2.67. The van der Waals surface area contributed by atoms with Crippen LogP contribution in [0, 0.1) is 17.2 Å². The molecule has 1 aromatic heterocycles. The van der Waals surface area contributed by atoms with E-state index in [1.165, 1.54) is 20.7 Å². The van der Waals surface area contributed by atoms with Crippen molar-refractivity contribution in [3.8, 4) is 6.07 Å². The van der Waals surface area contributed by atoms with Gasteiger partial charge in [-0.25, -0.2) is 20.8 Å². The second-order valence-electron chi connectivity index (χ2n) is 8.03. The Bertz CT molecular complexity index is 1390. The van der Waals surface area contributed by atoms with Gasteiger partial charge in [-0.05, 0) is 25.5 Å². The summed E-state index contributed by atoms with van der Waals surface area (Å²) >= 11 is 0. The molecular weight excluding hydrogens is 434 g/mol. The molecule has 0 saturated carbocycles. The van der Waals surface area contributed by atoms with Crippen LogP contribution >= 0.6 is 0 Å². The predicted molar refractivity (Wildman–Crippen MR) is 120 cm³/mol. The third-order valence-electron chi connectivity index (χ3n) is 6.15. The molecule has 9 heteroatoms. The van der Waals surface area contributed by atoms with E-state index in [-0.39, 0.29) is 6.54 Å². The number of sulfonamides is 1. The first kappa shape index (κ1) is 21.6. The van der Waals surface area contributed by atoms with Crippen LogP contribution in [0.1, 0.15) is 18.9 Å². The van der Waals surface area contributed by atoms with Gasteiger partial charge in [-0.15, -0.1) is 0 Å². The molecule has 2 heterocycles. The molecule has 0 radical (unpaired) electrons. The Morgan fingerprint density at radius 2 is 1.94 bits per heavy atom. The van der Waals surface area contributed by atoms with Gasteiger partial charge in [0, 0.05) is 30.6 Å². The summed E-state index contributed by atoms with van der Waals surface area (Å²) in [6.45, 7) is 2.22. The lowest BCUT2D eigenvalue weighted by molar-refractivity contribution is 0.416. The van der Waals surface area contributed by atoms with Gasteiger partial charge >= 0.3 is 0 Å². The molecule has 0 saturated heterocycles. The topological polar surface area (TPSA) is 100 Å². The zero-order valence-electron chi connectivity index (χ0n) is 17.3. The van der Waals surface area contributed by atoms with Crippen LogP contribution in [0.15, 0.2) is 66.4 Å².